The van der Waals surface area contributed by atoms with Crippen molar-refractivity contribution < 1.29 is 13.3 Å². The van der Waals surface area contributed by atoms with Crippen molar-refractivity contribution in [3.63, 3.8) is 0 Å². The summed E-state index contributed by atoms with van der Waals surface area (Å²) in [6, 6.07) is 12.7. The van der Waals surface area contributed by atoms with E-state index in [1.54, 1.807) is 13.1 Å². The quantitative estimate of drug-likeness (QED) is 0.463. The molecule has 2 N–H and O–H groups in total. The van der Waals surface area contributed by atoms with Crippen molar-refractivity contribution >= 4 is 15.7 Å². The number of benzene rings is 2. The molecule has 0 spiro atoms. The average Bonchev–Trinajstić information content (AvgIpc) is 3.17. The van der Waals surface area contributed by atoms with Gasteiger partial charge in [-0.1, -0.05) is 43.3 Å². The third-order valence-electron chi connectivity index (χ3n) is 4.39. The minimum atomic E-state index is -3.98. The van der Waals surface area contributed by atoms with Crippen LogP contribution in [0.2, 0.25) is 0 Å². The highest BCUT2D eigenvalue weighted by atomic mass is 32.2. The number of nitrogens with one attached hydrogen (secondary N) is 2. The largest absolute Gasteiger partial charge is 0.341 e. The Morgan fingerprint density at radius 2 is 1.93 bits per heavy atom. The first-order chi connectivity index (χ1) is 13.3. The van der Waals surface area contributed by atoms with Crippen LogP contribution in [0.5, 0.6) is 0 Å². The third-order valence-corrected chi connectivity index (χ3v) is 6.00. The molecule has 0 saturated heterocycles. The second-order valence-electron chi connectivity index (χ2n) is 6.34. The van der Waals surface area contributed by atoms with E-state index in [1.165, 1.54) is 12.1 Å². The minimum Gasteiger partial charge on any atom is -0.341 e. The summed E-state index contributed by atoms with van der Waals surface area (Å²) in [7, 11) is -3.98. The van der Waals surface area contributed by atoms with Crippen LogP contribution in [0.4, 0.5) is 5.69 Å². The number of rotatable bonds is 7. The summed E-state index contributed by atoms with van der Waals surface area (Å²) in [6.07, 6.45) is 2.11. The van der Waals surface area contributed by atoms with E-state index < -0.39 is 21.0 Å². The van der Waals surface area contributed by atoms with Gasteiger partial charge in [0.25, 0.3) is 5.69 Å². The van der Waals surface area contributed by atoms with Crippen molar-refractivity contribution in [3.8, 4) is 11.3 Å². The monoisotopic (exact) mass is 400 g/mol. The lowest BCUT2D eigenvalue weighted by atomic mass is 10.2. The zero-order chi connectivity index (χ0) is 20.3. The zero-order valence-corrected chi connectivity index (χ0v) is 16.2. The molecule has 8 nitrogen and oxygen atoms in total. The van der Waals surface area contributed by atoms with E-state index in [2.05, 4.69) is 14.7 Å². The highest BCUT2D eigenvalue weighted by Gasteiger charge is 2.25. The van der Waals surface area contributed by atoms with Gasteiger partial charge in [-0.15, -0.1) is 0 Å². The molecule has 0 saturated carbocycles. The second-order valence-corrected chi connectivity index (χ2v) is 8.02. The van der Waals surface area contributed by atoms with Crippen molar-refractivity contribution in [2.45, 2.75) is 31.2 Å². The van der Waals surface area contributed by atoms with Crippen molar-refractivity contribution in [2.75, 3.05) is 0 Å². The maximum atomic E-state index is 12.9. The Balaban J connectivity index is 1.90. The molecule has 1 aromatic heterocycles. The number of aromatic nitrogens is 2. The van der Waals surface area contributed by atoms with E-state index in [0.29, 0.717) is 17.8 Å². The Kier molecular flexibility index (Phi) is 5.57. The molecule has 0 aliphatic rings. The lowest BCUT2D eigenvalue weighted by Gasteiger charge is -2.16. The van der Waals surface area contributed by atoms with Crippen molar-refractivity contribution in [1.29, 1.82) is 0 Å². The van der Waals surface area contributed by atoms with Gasteiger partial charge in [0.1, 0.15) is 5.82 Å². The first-order valence-electron chi connectivity index (χ1n) is 8.69. The van der Waals surface area contributed by atoms with E-state index in [1.807, 2.05) is 37.3 Å². The molecule has 1 unspecified atom stereocenters. The first-order valence-corrected chi connectivity index (χ1v) is 10.2. The molecular formula is C19H20N4O4S. The maximum absolute atomic E-state index is 12.9. The highest BCUT2D eigenvalue weighted by Crippen LogP contribution is 2.25. The number of aryl methyl sites for hydroxylation is 1. The van der Waals surface area contributed by atoms with Crippen LogP contribution in [-0.4, -0.2) is 23.3 Å². The number of hydrogen-bond acceptors (Lipinski definition) is 5. The fourth-order valence-electron chi connectivity index (χ4n) is 2.85. The molecule has 0 bridgehead atoms. The molecule has 0 fully saturated rings. The standard InChI is InChI=1S/C19H20N4O4S/c1-3-16(19-20-12-17(21-19)14-7-5-4-6-8-14)22-28(26,27)18-11-15(23(24)25)10-9-13(18)2/h4-12,16,22H,3H2,1-2H3,(H,20,21). The number of sulfonamides is 1. The van der Waals surface area contributed by atoms with Crippen molar-refractivity contribution in [3.05, 3.63) is 76.2 Å². The predicted octanol–water partition coefficient (Wildman–Crippen LogP) is 3.72. The van der Waals surface area contributed by atoms with Gasteiger partial charge in [-0.2, -0.15) is 0 Å². The molecule has 0 aliphatic heterocycles. The van der Waals surface area contributed by atoms with E-state index in [0.717, 1.165) is 17.3 Å². The number of nitrogens with zero attached hydrogens (tertiary/aromatic N) is 2. The summed E-state index contributed by atoms with van der Waals surface area (Å²) in [5, 5.41) is 11.0. The topological polar surface area (TPSA) is 118 Å². The van der Waals surface area contributed by atoms with Crippen LogP contribution in [0.15, 0.2) is 59.6 Å². The van der Waals surface area contributed by atoms with Crippen LogP contribution in [0.3, 0.4) is 0 Å². The number of non-ortho nitro benzene ring substituents is 1. The Hall–Kier alpha value is -3.04. The lowest BCUT2D eigenvalue weighted by molar-refractivity contribution is -0.385. The van der Waals surface area contributed by atoms with Crippen LogP contribution in [0, 0.1) is 17.0 Å². The van der Waals surface area contributed by atoms with E-state index >= 15 is 0 Å². The fraction of sp³-hybridized carbons (Fsp3) is 0.211. The van der Waals surface area contributed by atoms with E-state index in [4.69, 9.17) is 0 Å². The van der Waals surface area contributed by atoms with Gasteiger partial charge >= 0.3 is 0 Å². The van der Waals surface area contributed by atoms with Gasteiger partial charge in [0, 0.05) is 12.1 Å². The summed E-state index contributed by atoms with van der Waals surface area (Å²) in [6.45, 7) is 3.43. The van der Waals surface area contributed by atoms with Crippen molar-refractivity contribution in [2.24, 2.45) is 0 Å². The molecule has 28 heavy (non-hydrogen) atoms. The molecule has 0 radical (unpaired) electrons. The molecule has 2 aromatic carbocycles. The molecular weight excluding hydrogens is 380 g/mol. The average molecular weight is 400 g/mol. The smallest absolute Gasteiger partial charge is 0.270 e. The number of imidazole rings is 1. The van der Waals surface area contributed by atoms with Gasteiger partial charge in [-0.05, 0) is 24.5 Å². The summed E-state index contributed by atoms with van der Waals surface area (Å²) >= 11 is 0. The molecule has 3 aromatic rings. The normalized spacial score (nSPS) is 12.6. The highest BCUT2D eigenvalue weighted by molar-refractivity contribution is 7.89. The summed E-state index contributed by atoms with van der Waals surface area (Å²) in [4.78, 5) is 17.7. The lowest BCUT2D eigenvalue weighted by Crippen LogP contribution is -2.29. The maximum Gasteiger partial charge on any atom is 0.270 e. The Morgan fingerprint density at radius 3 is 2.57 bits per heavy atom. The van der Waals surface area contributed by atoms with Gasteiger partial charge < -0.3 is 4.98 Å². The molecule has 0 amide bonds. The summed E-state index contributed by atoms with van der Waals surface area (Å²) in [5.41, 5.74) is 1.87. The van der Waals surface area contributed by atoms with Gasteiger partial charge in [-0.25, -0.2) is 18.1 Å². The number of H-pyrrole nitrogens is 1. The van der Waals surface area contributed by atoms with Gasteiger partial charge in [-0.3, -0.25) is 10.1 Å². The SMILES string of the molecule is CCC(NS(=O)(=O)c1cc([N+](=O)[O-])ccc1C)c1ncc(-c2ccccc2)[nH]1. The van der Waals surface area contributed by atoms with Crippen LogP contribution in [0.25, 0.3) is 11.3 Å². The van der Waals surface area contributed by atoms with E-state index in [-0.39, 0.29) is 10.6 Å². The Bertz CT molecular complexity index is 1090. The number of nitro groups is 1. The van der Waals surface area contributed by atoms with Gasteiger partial charge in [0.15, 0.2) is 0 Å². The Morgan fingerprint density at radius 1 is 1.21 bits per heavy atom. The third kappa shape index (κ3) is 4.10. The Labute approximate surface area is 162 Å². The molecule has 146 valence electrons. The number of aromatic amines is 1. The number of nitro benzene ring substituents is 1. The zero-order valence-electron chi connectivity index (χ0n) is 15.4. The van der Waals surface area contributed by atoms with Crippen molar-refractivity contribution in [1.82, 2.24) is 14.7 Å². The summed E-state index contributed by atoms with van der Waals surface area (Å²) in [5.74, 6) is 0.480. The number of hydrogen-bond donors (Lipinski definition) is 2. The van der Waals surface area contributed by atoms with Crippen LogP contribution >= 0.6 is 0 Å². The minimum absolute atomic E-state index is 0.116. The van der Waals surface area contributed by atoms with Crippen LogP contribution in [-0.2, 0) is 10.0 Å². The molecule has 0 aliphatic carbocycles. The molecule has 9 heteroatoms. The predicted molar refractivity (Wildman–Crippen MR) is 105 cm³/mol. The van der Waals surface area contributed by atoms with Gasteiger partial charge in [0.05, 0.1) is 27.8 Å². The molecule has 3 rings (SSSR count). The van der Waals surface area contributed by atoms with Crippen LogP contribution in [0.1, 0.15) is 30.8 Å². The fourth-order valence-corrected chi connectivity index (χ4v) is 4.40. The first kappa shape index (κ1) is 19.7. The second kappa shape index (κ2) is 7.91. The molecule has 1 heterocycles. The summed E-state index contributed by atoms with van der Waals surface area (Å²) < 4.78 is 28.3. The van der Waals surface area contributed by atoms with Gasteiger partial charge in [0.2, 0.25) is 10.0 Å². The van der Waals surface area contributed by atoms with E-state index in [9.17, 15) is 18.5 Å². The van der Waals surface area contributed by atoms with Crippen LogP contribution < -0.4 is 4.72 Å². The molecule has 1 atom stereocenters.